The van der Waals surface area contributed by atoms with Gasteiger partial charge in [-0.15, -0.1) is 0 Å². The molecule has 1 aromatic carbocycles. The molecule has 3 rings (SSSR count). The maximum absolute atomic E-state index is 12.9. The van der Waals surface area contributed by atoms with E-state index < -0.39 is 23.2 Å². The number of benzene rings is 1. The van der Waals surface area contributed by atoms with E-state index in [2.05, 4.69) is 10.2 Å². The maximum atomic E-state index is 12.9. The van der Waals surface area contributed by atoms with Crippen molar-refractivity contribution in [3.05, 3.63) is 30.1 Å². The second-order valence-electron chi connectivity index (χ2n) is 4.58. The van der Waals surface area contributed by atoms with Crippen molar-refractivity contribution < 1.29 is 14.0 Å². The lowest BCUT2D eigenvalue weighted by Gasteiger charge is -2.16. The molecule has 0 aliphatic carbocycles. The van der Waals surface area contributed by atoms with Crippen molar-refractivity contribution in [2.45, 2.75) is 12.5 Å². The van der Waals surface area contributed by atoms with E-state index in [9.17, 15) is 14.0 Å². The van der Waals surface area contributed by atoms with Gasteiger partial charge in [-0.1, -0.05) is 0 Å². The minimum Gasteiger partial charge on any atom is -0.274 e. The first-order chi connectivity index (χ1) is 8.54. The van der Waals surface area contributed by atoms with Gasteiger partial charge in [0.2, 0.25) is 5.91 Å². The van der Waals surface area contributed by atoms with Crippen LogP contribution in [0.1, 0.15) is 6.92 Å². The summed E-state index contributed by atoms with van der Waals surface area (Å²) >= 11 is 0. The summed E-state index contributed by atoms with van der Waals surface area (Å²) in [5.74, 6) is -1.66. The summed E-state index contributed by atoms with van der Waals surface area (Å²) in [6.45, 7) is 1.84. The summed E-state index contributed by atoms with van der Waals surface area (Å²) in [5, 5.41) is 7.67. The average molecular weight is 247 g/mol. The van der Waals surface area contributed by atoms with Crippen LogP contribution in [0.5, 0.6) is 0 Å². The third-order valence-corrected chi connectivity index (χ3v) is 3.46. The van der Waals surface area contributed by atoms with Gasteiger partial charge in [-0.2, -0.15) is 10.2 Å². The predicted molar refractivity (Wildman–Crippen MR) is 60.5 cm³/mol. The number of halogens is 1. The molecule has 2 heterocycles. The SMILES string of the molecule is C[C@]12N=NC[C@H]1C(=O)N(c1ccc(F)cc1)C2=O. The number of azo groups is 1. The minimum absolute atomic E-state index is 0.235. The molecule has 0 spiro atoms. The van der Waals surface area contributed by atoms with Crippen molar-refractivity contribution in [1.29, 1.82) is 0 Å². The number of fused-ring (bicyclic) bond motifs is 1. The molecule has 0 radical (unpaired) electrons. The summed E-state index contributed by atoms with van der Waals surface area (Å²) in [5.41, 5.74) is -0.719. The van der Waals surface area contributed by atoms with Crippen LogP contribution in [0.4, 0.5) is 10.1 Å². The van der Waals surface area contributed by atoms with Gasteiger partial charge in [0.25, 0.3) is 5.91 Å². The van der Waals surface area contributed by atoms with Crippen LogP contribution in [-0.2, 0) is 9.59 Å². The summed E-state index contributed by atoms with van der Waals surface area (Å²) in [4.78, 5) is 25.5. The quantitative estimate of drug-likeness (QED) is 0.706. The number of hydrogen-bond donors (Lipinski definition) is 0. The molecule has 5 nitrogen and oxygen atoms in total. The van der Waals surface area contributed by atoms with Gasteiger partial charge in [-0.25, -0.2) is 9.29 Å². The Labute approximate surface area is 102 Å². The predicted octanol–water partition coefficient (Wildman–Crippen LogP) is 1.54. The zero-order valence-corrected chi connectivity index (χ0v) is 9.63. The van der Waals surface area contributed by atoms with E-state index >= 15 is 0 Å². The van der Waals surface area contributed by atoms with Gasteiger partial charge in [-0.05, 0) is 31.2 Å². The van der Waals surface area contributed by atoms with Crippen LogP contribution >= 0.6 is 0 Å². The van der Waals surface area contributed by atoms with Crippen molar-refractivity contribution in [3.63, 3.8) is 0 Å². The van der Waals surface area contributed by atoms with E-state index in [1.165, 1.54) is 24.3 Å². The van der Waals surface area contributed by atoms with E-state index in [-0.39, 0.29) is 12.5 Å². The van der Waals surface area contributed by atoms with Crippen LogP contribution in [0.15, 0.2) is 34.5 Å². The summed E-state index contributed by atoms with van der Waals surface area (Å²) in [6, 6.07) is 5.25. The van der Waals surface area contributed by atoms with Gasteiger partial charge in [-0.3, -0.25) is 9.59 Å². The first-order valence-corrected chi connectivity index (χ1v) is 5.56. The smallest absolute Gasteiger partial charge is 0.264 e. The fourth-order valence-electron chi connectivity index (χ4n) is 2.34. The van der Waals surface area contributed by atoms with Crippen LogP contribution in [0.2, 0.25) is 0 Å². The van der Waals surface area contributed by atoms with Crippen LogP contribution < -0.4 is 4.90 Å². The Kier molecular flexibility index (Phi) is 2.10. The molecule has 0 N–H and O–H groups in total. The molecule has 92 valence electrons. The van der Waals surface area contributed by atoms with Gasteiger partial charge >= 0.3 is 0 Å². The van der Waals surface area contributed by atoms with Crippen LogP contribution in [0.25, 0.3) is 0 Å². The van der Waals surface area contributed by atoms with Crippen LogP contribution in [0.3, 0.4) is 0 Å². The van der Waals surface area contributed by atoms with Gasteiger partial charge in [0, 0.05) is 0 Å². The molecule has 0 bridgehead atoms. The molecular weight excluding hydrogens is 237 g/mol. The van der Waals surface area contributed by atoms with Crippen molar-refractivity contribution in [3.8, 4) is 0 Å². The first kappa shape index (κ1) is 11.0. The van der Waals surface area contributed by atoms with Crippen LogP contribution in [-0.4, -0.2) is 23.9 Å². The number of rotatable bonds is 1. The highest BCUT2D eigenvalue weighted by Crippen LogP contribution is 2.40. The van der Waals surface area contributed by atoms with Gasteiger partial charge < -0.3 is 0 Å². The van der Waals surface area contributed by atoms with Crippen molar-refractivity contribution in [2.24, 2.45) is 16.1 Å². The molecule has 0 unspecified atom stereocenters. The Morgan fingerprint density at radius 3 is 2.61 bits per heavy atom. The van der Waals surface area contributed by atoms with E-state index in [1.54, 1.807) is 6.92 Å². The highest BCUT2D eigenvalue weighted by atomic mass is 19.1. The Morgan fingerprint density at radius 2 is 2.00 bits per heavy atom. The average Bonchev–Trinajstić information content (AvgIpc) is 2.81. The molecular formula is C12H10FN3O2. The molecule has 2 amide bonds. The Bertz CT molecular complexity index is 569. The summed E-state index contributed by atoms with van der Waals surface area (Å²) in [7, 11) is 0. The lowest BCUT2D eigenvalue weighted by Crippen LogP contribution is -2.37. The zero-order chi connectivity index (χ0) is 12.9. The van der Waals surface area contributed by atoms with E-state index in [0.29, 0.717) is 5.69 Å². The molecule has 1 fully saturated rings. The summed E-state index contributed by atoms with van der Waals surface area (Å²) in [6.07, 6.45) is 0. The Balaban J connectivity index is 2.04. The monoisotopic (exact) mass is 247 g/mol. The largest absolute Gasteiger partial charge is 0.274 e. The molecule has 1 aromatic rings. The Morgan fingerprint density at radius 1 is 1.33 bits per heavy atom. The molecule has 2 atom stereocenters. The van der Waals surface area contributed by atoms with E-state index in [0.717, 1.165) is 4.90 Å². The molecule has 2 aliphatic heterocycles. The lowest BCUT2D eigenvalue weighted by molar-refractivity contribution is -0.122. The number of anilines is 1. The number of carbonyl (C=O) groups excluding carboxylic acids is 2. The number of hydrogen-bond acceptors (Lipinski definition) is 4. The topological polar surface area (TPSA) is 62.1 Å². The number of amides is 2. The third-order valence-electron chi connectivity index (χ3n) is 3.46. The van der Waals surface area contributed by atoms with Crippen molar-refractivity contribution in [1.82, 2.24) is 0 Å². The van der Waals surface area contributed by atoms with Crippen molar-refractivity contribution >= 4 is 17.5 Å². The Hall–Kier alpha value is -2.11. The van der Waals surface area contributed by atoms with Gasteiger partial charge in [0.1, 0.15) is 5.82 Å². The standard InChI is InChI=1S/C12H10FN3O2/c1-12-9(6-14-15-12)10(17)16(11(12)18)8-4-2-7(13)3-5-8/h2-5,9H,6H2,1H3/t9-,12-/m0/s1. The number of nitrogens with zero attached hydrogens (tertiary/aromatic N) is 3. The second-order valence-corrected chi connectivity index (χ2v) is 4.58. The zero-order valence-electron chi connectivity index (χ0n) is 9.63. The second kappa shape index (κ2) is 3.44. The fourth-order valence-corrected chi connectivity index (χ4v) is 2.34. The number of imide groups is 1. The molecule has 18 heavy (non-hydrogen) atoms. The maximum Gasteiger partial charge on any atom is 0.264 e. The van der Waals surface area contributed by atoms with E-state index in [1.807, 2.05) is 0 Å². The van der Waals surface area contributed by atoms with Gasteiger partial charge in [0.15, 0.2) is 5.54 Å². The molecule has 6 heteroatoms. The normalized spacial score (nSPS) is 30.1. The lowest BCUT2D eigenvalue weighted by atomic mass is 9.90. The number of carbonyl (C=O) groups is 2. The molecule has 1 saturated heterocycles. The van der Waals surface area contributed by atoms with E-state index in [4.69, 9.17) is 0 Å². The third kappa shape index (κ3) is 1.25. The summed E-state index contributed by atoms with van der Waals surface area (Å²) < 4.78 is 12.9. The van der Waals surface area contributed by atoms with Crippen molar-refractivity contribution in [2.75, 3.05) is 11.4 Å². The fraction of sp³-hybridized carbons (Fsp3) is 0.333. The molecule has 0 aromatic heterocycles. The highest BCUT2D eigenvalue weighted by Gasteiger charge is 2.59. The molecule has 2 aliphatic rings. The molecule has 0 saturated carbocycles. The first-order valence-electron chi connectivity index (χ1n) is 5.56. The highest BCUT2D eigenvalue weighted by molar-refractivity contribution is 6.25. The van der Waals surface area contributed by atoms with Gasteiger partial charge in [0.05, 0.1) is 18.2 Å². The van der Waals surface area contributed by atoms with Crippen LogP contribution in [0, 0.1) is 11.7 Å². The minimum atomic E-state index is -1.09.